The zero-order valence-electron chi connectivity index (χ0n) is 17.2. The number of carbonyl (C=O) groups is 1. The minimum Gasteiger partial charge on any atom is -0.504 e. The lowest BCUT2D eigenvalue weighted by molar-refractivity contribution is 0.0695. The van der Waals surface area contributed by atoms with Crippen molar-refractivity contribution in [3.05, 3.63) is 45.7 Å². The summed E-state index contributed by atoms with van der Waals surface area (Å²) >= 11 is 0. The molecule has 2 aromatic heterocycles. The number of fused-ring (bicyclic) bond motifs is 1. The van der Waals surface area contributed by atoms with Gasteiger partial charge in [-0.3, -0.25) is 4.79 Å². The monoisotopic (exact) mass is 392 g/mol. The third-order valence-corrected chi connectivity index (χ3v) is 5.10. The topological polar surface area (TPSA) is 111 Å². The molecule has 1 unspecified atom stereocenters. The summed E-state index contributed by atoms with van der Waals surface area (Å²) in [6, 6.07) is 1.01. The molecule has 3 heterocycles. The average Bonchev–Trinajstić information content (AvgIpc) is 3.41. The molecule has 0 amide bonds. The van der Waals surface area contributed by atoms with Crippen LogP contribution in [-0.2, 0) is 4.74 Å². The van der Waals surface area contributed by atoms with Crippen molar-refractivity contribution in [3.8, 4) is 0 Å². The van der Waals surface area contributed by atoms with E-state index in [1.54, 1.807) is 9.47 Å². The van der Waals surface area contributed by atoms with Gasteiger partial charge in [-0.05, 0) is 24.5 Å². The van der Waals surface area contributed by atoms with Crippen LogP contribution in [-0.4, -0.2) is 47.3 Å². The summed E-state index contributed by atoms with van der Waals surface area (Å²) in [7, 11) is 1.43. The van der Waals surface area contributed by atoms with E-state index in [1.165, 1.54) is 19.6 Å². The number of methoxy groups -OCH3 is 1. The molecule has 8 nitrogen and oxygen atoms in total. The molecule has 28 heavy (non-hydrogen) atoms. The number of pyridine rings is 2. The van der Waals surface area contributed by atoms with Gasteiger partial charge in [0, 0.05) is 40.5 Å². The quantitative estimate of drug-likeness (QED) is 0.586. The van der Waals surface area contributed by atoms with E-state index in [-0.39, 0.29) is 36.0 Å². The van der Waals surface area contributed by atoms with Crippen LogP contribution in [0.2, 0.25) is 0 Å². The van der Waals surface area contributed by atoms with Gasteiger partial charge in [0.05, 0.1) is 18.8 Å². The lowest BCUT2D eigenvalue weighted by Gasteiger charge is -2.19. The van der Waals surface area contributed by atoms with Gasteiger partial charge in [0.1, 0.15) is 11.2 Å². The van der Waals surface area contributed by atoms with Crippen molar-refractivity contribution in [2.45, 2.75) is 18.9 Å². The minimum atomic E-state index is -2.04. The summed E-state index contributed by atoms with van der Waals surface area (Å²) in [5.74, 6) is -2.94. The first kappa shape index (κ1) is 16.1. The smallest absolute Gasteiger partial charge is 0.341 e. The van der Waals surface area contributed by atoms with Crippen LogP contribution in [0.3, 0.4) is 0 Å². The molecule has 0 bridgehead atoms. The molecule has 9 heteroatoms. The van der Waals surface area contributed by atoms with E-state index in [4.69, 9.17) is 13.2 Å². The second-order valence-corrected chi connectivity index (χ2v) is 7.01. The van der Waals surface area contributed by atoms with Crippen molar-refractivity contribution in [1.29, 1.82) is 0 Å². The fourth-order valence-corrected chi connectivity index (χ4v) is 3.57. The highest BCUT2D eigenvalue weighted by atomic mass is 19.1. The number of aromatic carboxylic acids is 1. The molecule has 148 valence electrons. The van der Waals surface area contributed by atoms with Crippen molar-refractivity contribution in [2.24, 2.45) is 11.7 Å². The number of nitrogens with zero attached hydrogens (tertiary/aromatic N) is 3. The molecule has 1 aliphatic carbocycles. The predicted molar refractivity (Wildman–Crippen MR) is 101 cm³/mol. The number of rotatable bonds is 5. The van der Waals surface area contributed by atoms with E-state index in [0.717, 1.165) is 18.9 Å². The average molecular weight is 392 g/mol. The summed E-state index contributed by atoms with van der Waals surface area (Å²) in [5.41, 5.74) is 5.22. The number of aromatic nitrogens is 2. The molecule has 1 saturated heterocycles. The SMILES string of the molecule is [2H]C([2H])(N)C1CN(c2nc3c(cc2F)c(=O)c(C(=O)O)cn3C2CC2)[13CH2]/[13C]1=C\OC. The molecular weight excluding hydrogens is 369 g/mol. The van der Waals surface area contributed by atoms with Gasteiger partial charge in [-0.1, -0.05) is 0 Å². The summed E-state index contributed by atoms with van der Waals surface area (Å²) in [5, 5.41) is 9.24. The maximum atomic E-state index is 15.0. The molecule has 1 atom stereocenters. The number of carboxylic acids is 1. The van der Waals surface area contributed by atoms with Crippen LogP contribution in [0.1, 0.15) is 32.0 Å². The molecule has 4 rings (SSSR count). The van der Waals surface area contributed by atoms with Crippen LogP contribution in [0.4, 0.5) is 10.2 Å². The second-order valence-electron chi connectivity index (χ2n) is 7.01. The fourth-order valence-electron chi connectivity index (χ4n) is 3.57. The highest BCUT2D eigenvalue weighted by molar-refractivity contribution is 5.92. The third kappa shape index (κ3) is 3.01. The van der Waals surface area contributed by atoms with Crippen LogP contribution in [0, 0.1) is 11.7 Å². The van der Waals surface area contributed by atoms with Crippen molar-refractivity contribution >= 4 is 22.8 Å². The fraction of sp³-hybridized carbons (Fsp3) is 0.421. The third-order valence-electron chi connectivity index (χ3n) is 5.10. The van der Waals surface area contributed by atoms with Gasteiger partial charge in [-0.25, -0.2) is 14.2 Å². The largest absolute Gasteiger partial charge is 0.504 e. The molecule has 1 aliphatic heterocycles. The summed E-state index contributed by atoms with van der Waals surface area (Å²) < 4.78 is 37.4. The van der Waals surface area contributed by atoms with E-state index in [9.17, 15) is 19.1 Å². The predicted octanol–water partition coefficient (Wildman–Crippen LogP) is 1.49. The zero-order chi connectivity index (χ0) is 21.8. The van der Waals surface area contributed by atoms with Gasteiger partial charge in [-0.2, -0.15) is 0 Å². The van der Waals surface area contributed by atoms with Crippen LogP contribution in [0.25, 0.3) is 11.0 Å². The van der Waals surface area contributed by atoms with Crippen LogP contribution in [0.5, 0.6) is 0 Å². The molecule has 2 fully saturated rings. The Hall–Kier alpha value is -2.94. The van der Waals surface area contributed by atoms with Gasteiger partial charge in [0.2, 0.25) is 5.43 Å². The number of hydrogen-bond donors (Lipinski definition) is 2. The number of hydrogen-bond acceptors (Lipinski definition) is 6. The number of ether oxygens (including phenoxy) is 1. The molecule has 0 radical (unpaired) electrons. The maximum absolute atomic E-state index is 15.0. The standard InChI is InChI=1S/C19H21FN4O4/c1-28-9-11-7-23(6-10(11)5-21)18-15(20)4-13-16(25)14(19(26)27)8-24(12-2-3-12)17(13)22-18/h4,8-10,12H,2-3,5-7,21H2,1H3,(H,26,27)/b11-9+/i5D2,7+1,11+1. The number of halogens is 1. The van der Waals surface area contributed by atoms with E-state index >= 15 is 0 Å². The Balaban J connectivity index is 1.85. The first-order chi connectivity index (χ1) is 14.1. The van der Waals surface area contributed by atoms with Gasteiger partial charge in [-0.15, -0.1) is 0 Å². The van der Waals surface area contributed by atoms with E-state index in [0.29, 0.717) is 5.57 Å². The van der Waals surface area contributed by atoms with Crippen LogP contribution in [0.15, 0.2) is 28.9 Å². The molecule has 2 aliphatic rings. The Morgan fingerprint density at radius 2 is 2.32 bits per heavy atom. The van der Waals surface area contributed by atoms with E-state index in [2.05, 4.69) is 4.98 Å². The van der Waals surface area contributed by atoms with Crippen LogP contribution >= 0.6 is 0 Å². The molecule has 1 saturated carbocycles. The number of anilines is 1. The first-order valence-corrected chi connectivity index (χ1v) is 8.86. The Morgan fingerprint density at radius 3 is 2.93 bits per heavy atom. The normalized spacial score (nSPS) is 22.5. The Morgan fingerprint density at radius 1 is 1.57 bits per heavy atom. The summed E-state index contributed by atoms with van der Waals surface area (Å²) in [6.45, 7) is -1.81. The number of nitrogens with two attached hydrogens (primary N) is 1. The van der Waals surface area contributed by atoms with Crippen molar-refractivity contribution in [2.75, 3.05) is 31.6 Å². The van der Waals surface area contributed by atoms with Gasteiger partial charge >= 0.3 is 5.97 Å². The highest BCUT2D eigenvalue weighted by Gasteiger charge is 2.32. The van der Waals surface area contributed by atoms with E-state index in [1.807, 2.05) is 0 Å². The van der Waals surface area contributed by atoms with Crippen molar-refractivity contribution in [3.63, 3.8) is 0 Å². The van der Waals surface area contributed by atoms with Crippen molar-refractivity contribution in [1.82, 2.24) is 9.55 Å². The zero-order valence-corrected chi connectivity index (χ0v) is 15.2. The van der Waals surface area contributed by atoms with Crippen LogP contribution < -0.4 is 16.1 Å². The molecule has 3 N–H and O–H groups in total. The van der Waals surface area contributed by atoms with Gasteiger partial charge in [0.25, 0.3) is 0 Å². The Bertz CT molecular complexity index is 1120. The second kappa shape index (κ2) is 6.90. The summed E-state index contributed by atoms with van der Waals surface area (Å²) in [4.78, 5) is 29.9. The minimum absolute atomic E-state index is 0.00506. The van der Waals surface area contributed by atoms with E-state index < -0.39 is 35.2 Å². The molecular formula is C19H21FN4O4. The highest BCUT2D eigenvalue weighted by Crippen LogP contribution is 2.37. The molecule has 0 aromatic carbocycles. The first-order valence-electron chi connectivity index (χ1n) is 9.86. The maximum Gasteiger partial charge on any atom is 0.341 e. The van der Waals surface area contributed by atoms with Crippen molar-refractivity contribution < 1.29 is 21.8 Å². The lowest BCUT2D eigenvalue weighted by Crippen LogP contribution is -2.26. The number of carboxylic acid groups (broad SMARTS) is 1. The Kier molecular flexibility index (Phi) is 3.96. The van der Waals surface area contributed by atoms with Gasteiger partial charge in [0.15, 0.2) is 11.6 Å². The molecule has 2 aromatic rings. The summed E-state index contributed by atoms with van der Waals surface area (Å²) in [6.07, 6.45) is 4.28. The Labute approximate surface area is 162 Å². The van der Waals surface area contributed by atoms with Gasteiger partial charge < -0.3 is 25.0 Å². The lowest BCUT2D eigenvalue weighted by atomic mass is 10.2. The molecule has 0 spiro atoms.